The van der Waals surface area contributed by atoms with Gasteiger partial charge in [0.1, 0.15) is 0 Å². The van der Waals surface area contributed by atoms with E-state index in [2.05, 4.69) is 11.9 Å². The molecule has 0 amide bonds. The summed E-state index contributed by atoms with van der Waals surface area (Å²) in [7, 11) is 1.88. The zero-order valence-electron chi connectivity index (χ0n) is 9.06. The molecule has 1 heterocycles. The third kappa shape index (κ3) is 3.06. The molecule has 0 radical (unpaired) electrons. The Labute approximate surface area is 91.1 Å². The van der Waals surface area contributed by atoms with Crippen LogP contribution in [-0.2, 0) is 9.31 Å². The first kappa shape index (κ1) is 10.7. The van der Waals surface area contributed by atoms with Crippen molar-refractivity contribution in [3.05, 3.63) is 30.3 Å². The number of nitrogens with zero attached hydrogens (tertiary/aromatic N) is 1. The minimum atomic E-state index is -0.195. The van der Waals surface area contributed by atoms with Gasteiger partial charge in [-0.15, -0.1) is 0 Å². The summed E-state index contributed by atoms with van der Waals surface area (Å²) in [5.41, 5.74) is 1.10. The second-order valence-corrected chi connectivity index (χ2v) is 3.79. The van der Waals surface area contributed by atoms with Crippen LogP contribution in [0, 0.1) is 0 Å². The monoisotopic (exact) mass is 205 g/mol. The van der Waals surface area contributed by atoms with Crippen molar-refractivity contribution in [2.45, 2.75) is 0 Å². The fraction of sp³-hybridized carbons (Fsp3) is 0.455. The van der Waals surface area contributed by atoms with Crippen LogP contribution in [0.1, 0.15) is 0 Å². The summed E-state index contributed by atoms with van der Waals surface area (Å²) >= 11 is 0. The SMILES string of the molecule is CN1CCOB(c2ccccc2)OCC1. The van der Waals surface area contributed by atoms with Crippen molar-refractivity contribution in [3.8, 4) is 0 Å². The van der Waals surface area contributed by atoms with E-state index in [1.165, 1.54) is 0 Å². The topological polar surface area (TPSA) is 21.7 Å². The van der Waals surface area contributed by atoms with Gasteiger partial charge in [0.2, 0.25) is 0 Å². The number of likely N-dealkylation sites (N-methyl/N-ethyl adjacent to an activating group) is 1. The molecule has 1 aliphatic rings. The van der Waals surface area contributed by atoms with Gasteiger partial charge >= 0.3 is 7.12 Å². The lowest BCUT2D eigenvalue weighted by molar-refractivity contribution is 0.132. The van der Waals surface area contributed by atoms with E-state index in [0.717, 1.165) is 31.8 Å². The summed E-state index contributed by atoms with van der Waals surface area (Å²) in [6.45, 7) is 3.37. The van der Waals surface area contributed by atoms with Gasteiger partial charge in [-0.1, -0.05) is 30.3 Å². The quantitative estimate of drug-likeness (QED) is 0.618. The van der Waals surface area contributed by atoms with E-state index in [-0.39, 0.29) is 7.12 Å². The third-order valence-electron chi connectivity index (χ3n) is 2.56. The zero-order chi connectivity index (χ0) is 10.5. The minimum absolute atomic E-state index is 0.195. The van der Waals surface area contributed by atoms with E-state index >= 15 is 0 Å². The normalized spacial score (nSPS) is 19.7. The van der Waals surface area contributed by atoms with Gasteiger partial charge in [0.15, 0.2) is 0 Å². The van der Waals surface area contributed by atoms with E-state index in [1.807, 2.05) is 30.3 Å². The molecule has 0 N–H and O–H groups in total. The highest BCUT2D eigenvalue weighted by Gasteiger charge is 2.22. The minimum Gasteiger partial charge on any atom is -0.406 e. The lowest BCUT2D eigenvalue weighted by Crippen LogP contribution is -2.43. The van der Waals surface area contributed by atoms with Crippen LogP contribution in [-0.4, -0.2) is 45.4 Å². The molecule has 3 nitrogen and oxygen atoms in total. The van der Waals surface area contributed by atoms with Gasteiger partial charge in [-0.25, -0.2) is 0 Å². The Morgan fingerprint density at radius 2 is 1.67 bits per heavy atom. The first-order chi connectivity index (χ1) is 7.36. The van der Waals surface area contributed by atoms with Gasteiger partial charge < -0.3 is 14.2 Å². The molecule has 0 unspecified atom stereocenters. The van der Waals surface area contributed by atoms with Gasteiger partial charge in [-0.2, -0.15) is 0 Å². The molecule has 0 aliphatic carbocycles. The number of benzene rings is 1. The fourth-order valence-corrected chi connectivity index (χ4v) is 1.59. The molecule has 1 aromatic rings. The smallest absolute Gasteiger partial charge is 0.406 e. The average molecular weight is 205 g/mol. The molecule has 1 aromatic carbocycles. The van der Waals surface area contributed by atoms with Crippen LogP contribution in [0.15, 0.2) is 30.3 Å². The lowest BCUT2D eigenvalue weighted by Gasteiger charge is -2.23. The van der Waals surface area contributed by atoms with Crippen molar-refractivity contribution in [2.75, 3.05) is 33.4 Å². The van der Waals surface area contributed by atoms with E-state index in [1.54, 1.807) is 0 Å². The predicted octanol–water partition coefficient (Wildman–Crippen LogP) is 0.360. The van der Waals surface area contributed by atoms with Gasteiger partial charge in [-0.05, 0) is 12.5 Å². The van der Waals surface area contributed by atoms with E-state index in [9.17, 15) is 0 Å². The lowest BCUT2D eigenvalue weighted by atomic mass is 9.79. The third-order valence-corrected chi connectivity index (χ3v) is 2.56. The molecule has 0 spiro atoms. The molecule has 1 fully saturated rings. The largest absolute Gasteiger partial charge is 0.493 e. The summed E-state index contributed by atoms with van der Waals surface area (Å²) in [5, 5.41) is 0. The van der Waals surface area contributed by atoms with Crippen LogP contribution in [0.4, 0.5) is 0 Å². The van der Waals surface area contributed by atoms with E-state index in [4.69, 9.17) is 9.31 Å². The van der Waals surface area contributed by atoms with Crippen molar-refractivity contribution in [3.63, 3.8) is 0 Å². The highest BCUT2D eigenvalue weighted by molar-refractivity contribution is 6.61. The summed E-state index contributed by atoms with van der Waals surface area (Å²) in [6.07, 6.45) is 0. The van der Waals surface area contributed by atoms with Crippen molar-refractivity contribution in [1.29, 1.82) is 0 Å². The molecule has 80 valence electrons. The van der Waals surface area contributed by atoms with Crippen LogP contribution in [0.2, 0.25) is 0 Å². The molecular weight excluding hydrogens is 189 g/mol. The summed E-state index contributed by atoms with van der Waals surface area (Å²) in [5.74, 6) is 0. The molecule has 1 aliphatic heterocycles. The van der Waals surface area contributed by atoms with E-state index in [0.29, 0.717) is 0 Å². The molecular formula is C11H16BNO2. The van der Waals surface area contributed by atoms with Gasteiger partial charge in [0.05, 0.1) is 0 Å². The molecule has 0 aromatic heterocycles. The van der Waals surface area contributed by atoms with Crippen molar-refractivity contribution >= 4 is 12.6 Å². The average Bonchev–Trinajstić information content (AvgIpc) is 2.24. The van der Waals surface area contributed by atoms with Crippen LogP contribution in [0.3, 0.4) is 0 Å². The maximum atomic E-state index is 5.68. The van der Waals surface area contributed by atoms with Crippen LogP contribution in [0.5, 0.6) is 0 Å². The first-order valence-corrected chi connectivity index (χ1v) is 5.33. The Kier molecular flexibility index (Phi) is 3.77. The molecule has 0 saturated carbocycles. The number of rotatable bonds is 1. The second-order valence-electron chi connectivity index (χ2n) is 3.79. The number of hydrogen-bond donors (Lipinski definition) is 0. The van der Waals surface area contributed by atoms with Crippen molar-refractivity contribution in [2.24, 2.45) is 0 Å². The maximum absolute atomic E-state index is 5.68. The highest BCUT2D eigenvalue weighted by Crippen LogP contribution is 1.98. The maximum Gasteiger partial charge on any atom is 0.493 e. The van der Waals surface area contributed by atoms with E-state index < -0.39 is 0 Å². The molecule has 0 atom stereocenters. The van der Waals surface area contributed by atoms with Crippen molar-refractivity contribution < 1.29 is 9.31 Å². The Morgan fingerprint density at radius 3 is 2.27 bits per heavy atom. The second kappa shape index (κ2) is 5.30. The number of hydrogen-bond acceptors (Lipinski definition) is 3. The first-order valence-electron chi connectivity index (χ1n) is 5.33. The highest BCUT2D eigenvalue weighted by atomic mass is 16.6. The van der Waals surface area contributed by atoms with Crippen LogP contribution >= 0.6 is 0 Å². The predicted molar refractivity (Wildman–Crippen MR) is 61.2 cm³/mol. The summed E-state index contributed by atoms with van der Waals surface area (Å²) in [4.78, 5) is 2.21. The van der Waals surface area contributed by atoms with Gasteiger partial charge in [-0.3, -0.25) is 0 Å². The molecule has 15 heavy (non-hydrogen) atoms. The molecule has 1 saturated heterocycles. The Morgan fingerprint density at radius 1 is 1.07 bits per heavy atom. The zero-order valence-corrected chi connectivity index (χ0v) is 9.06. The standard InChI is InChI=1S/C11H16BNO2/c1-13-7-9-14-12(15-10-8-13)11-5-3-2-4-6-11/h2-6H,7-10H2,1H3. The van der Waals surface area contributed by atoms with Crippen LogP contribution < -0.4 is 5.46 Å². The Balaban J connectivity index is 1.98. The molecule has 2 rings (SSSR count). The van der Waals surface area contributed by atoms with Crippen LogP contribution in [0.25, 0.3) is 0 Å². The Bertz CT molecular complexity index is 284. The molecule has 4 heteroatoms. The van der Waals surface area contributed by atoms with Gasteiger partial charge in [0.25, 0.3) is 0 Å². The summed E-state index contributed by atoms with van der Waals surface area (Å²) in [6, 6.07) is 10.1. The van der Waals surface area contributed by atoms with Crippen molar-refractivity contribution in [1.82, 2.24) is 4.90 Å². The molecule has 0 bridgehead atoms. The van der Waals surface area contributed by atoms with Gasteiger partial charge in [0, 0.05) is 26.3 Å². The summed E-state index contributed by atoms with van der Waals surface area (Å²) < 4.78 is 11.4. The fourth-order valence-electron chi connectivity index (χ4n) is 1.59. The Hall–Kier alpha value is -0.835.